The van der Waals surface area contributed by atoms with Gasteiger partial charge in [-0.05, 0) is 51.9 Å². The molecule has 0 N–H and O–H groups in total. The highest BCUT2D eigenvalue weighted by molar-refractivity contribution is 5.80. The lowest BCUT2D eigenvalue weighted by molar-refractivity contribution is -0.184. The fraction of sp³-hybridized carbons (Fsp3) is 0.750. The first-order valence-electron chi connectivity index (χ1n) is 11.9. The zero-order chi connectivity index (χ0) is 23.6. The summed E-state index contributed by atoms with van der Waals surface area (Å²) >= 11 is 0. The van der Waals surface area contributed by atoms with Gasteiger partial charge in [-0.1, -0.05) is 0 Å². The molecule has 2 saturated carbocycles. The van der Waals surface area contributed by atoms with Crippen molar-refractivity contribution >= 4 is 11.7 Å². The minimum absolute atomic E-state index is 0.0541. The van der Waals surface area contributed by atoms with Gasteiger partial charge in [0.05, 0.1) is 55.3 Å². The quantitative estimate of drug-likeness (QED) is 0.542. The summed E-state index contributed by atoms with van der Waals surface area (Å²) in [7, 11) is 0. The number of anilines is 1. The molecule has 0 spiro atoms. The predicted octanol–water partition coefficient (Wildman–Crippen LogP) is 4.62. The molecule has 9 heteroatoms. The van der Waals surface area contributed by atoms with Crippen LogP contribution in [-0.2, 0) is 14.3 Å². The third-order valence-corrected chi connectivity index (χ3v) is 7.45. The first kappa shape index (κ1) is 24.1. The van der Waals surface area contributed by atoms with Crippen molar-refractivity contribution in [3.63, 3.8) is 0 Å². The van der Waals surface area contributed by atoms with E-state index in [1.807, 2.05) is 19.9 Å². The van der Waals surface area contributed by atoms with Crippen LogP contribution in [0.4, 0.5) is 18.9 Å². The highest BCUT2D eigenvalue weighted by Crippen LogP contribution is 2.56. The van der Waals surface area contributed by atoms with Crippen molar-refractivity contribution in [2.45, 2.75) is 58.2 Å². The average molecular weight is 471 g/mol. The Morgan fingerprint density at radius 1 is 1.27 bits per heavy atom. The first-order chi connectivity index (χ1) is 15.7. The summed E-state index contributed by atoms with van der Waals surface area (Å²) < 4.78 is 55.7. The van der Waals surface area contributed by atoms with Crippen LogP contribution in [0.5, 0.6) is 5.75 Å². The molecule has 0 radical (unpaired) electrons. The third-order valence-electron chi connectivity index (χ3n) is 7.45. The minimum atomic E-state index is -4.09. The van der Waals surface area contributed by atoms with Crippen molar-refractivity contribution in [2.24, 2.45) is 23.2 Å². The van der Waals surface area contributed by atoms with Gasteiger partial charge in [-0.15, -0.1) is 0 Å². The smallest absolute Gasteiger partial charge is 0.391 e. The summed E-state index contributed by atoms with van der Waals surface area (Å²) in [6.07, 6.45) is 1.46. The van der Waals surface area contributed by atoms with Crippen LogP contribution in [0.1, 0.15) is 46.0 Å². The molecule has 1 aliphatic heterocycles. The van der Waals surface area contributed by atoms with Gasteiger partial charge in [0.15, 0.2) is 0 Å². The number of halogens is 3. The van der Waals surface area contributed by atoms with Crippen LogP contribution >= 0.6 is 0 Å². The van der Waals surface area contributed by atoms with Crippen LogP contribution in [0, 0.1) is 23.2 Å². The maximum atomic E-state index is 12.9. The summed E-state index contributed by atoms with van der Waals surface area (Å²) in [5.41, 5.74) is 0.443. The fourth-order valence-electron chi connectivity index (χ4n) is 5.15. The average Bonchev–Trinajstić information content (AvgIpc) is 3.51. The molecule has 3 atom stereocenters. The van der Waals surface area contributed by atoms with Crippen LogP contribution in [0.3, 0.4) is 0 Å². The van der Waals surface area contributed by atoms with Crippen LogP contribution in [-0.4, -0.2) is 56.1 Å². The lowest BCUT2D eigenvalue weighted by Gasteiger charge is -2.35. The molecular formula is C24H33F3N2O4. The molecular weight excluding hydrogens is 437 g/mol. The lowest BCUT2D eigenvalue weighted by Crippen LogP contribution is -2.44. The van der Waals surface area contributed by atoms with E-state index in [0.717, 1.165) is 12.1 Å². The van der Waals surface area contributed by atoms with E-state index < -0.39 is 17.5 Å². The van der Waals surface area contributed by atoms with E-state index in [9.17, 15) is 18.0 Å². The molecule has 4 rings (SSSR count). The van der Waals surface area contributed by atoms with Gasteiger partial charge in [-0.25, -0.2) is 0 Å². The monoisotopic (exact) mass is 470 g/mol. The molecule has 1 aromatic heterocycles. The zero-order valence-electron chi connectivity index (χ0n) is 19.3. The van der Waals surface area contributed by atoms with Gasteiger partial charge in [0, 0.05) is 25.1 Å². The van der Waals surface area contributed by atoms with E-state index >= 15 is 0 Å². The van der Waals surface area contributed by atoms with Crippen molar-refractivity contribution in [3.05, 3.63) is 18.5 Å². The van der Waals surface area contributed by atoms with E-state index in [-0.39, 0.29) is 36.8 Å². The van der Waals surface area contributed by atoms with E-state index in [1.54, 1.807) is 12.4 Å². The van der Waals surface area contributed by atoms with E-state index in [2.05, 4.69) is 9.88 Å². The highest BCUT2D eigenvalue weighted by atomic mass is 19.4. The number of pyridine rings is 1. The summed E-state index contributed by atoms with van der Waals surface area (Å²) in [6, 6.07) is 1.92. The van der Waals surface area contributed by atoms with Gasteiger partial charge >= 0.3 is 12.1 Å². The molecule has 2 heterocycles. The number of morpholine rings is 1. The summed E-state index contributed by atoms with van der Waals surface area (Å²) in [4.78, 5) is 18.8. The highest BCUT2D eigenvalue weighted by Gasteiger charge is 2.61. The van der Waals surface area contributed by atoms with Crippen LogP contribution in [0.15, 0.2) is 18.5 Å². The Labute approximate surface area is 192 Å². The summed E-state index contributed by atoms with van der Waals surface area (Å²) in [5.74, 6) is -0.437. The second-order valence-corrected chi connectivity index (χ2v) is 9.75. The van der Waals surface area contributed by atoms with Crippen LogP contribution in [0.25, 0.3) is 0 Å². The van der Waals surface area contributed by atoms with E-state index in [4.69, 9.17) is 14.2 Å². The molecule has 1 aromatic rings. The topological polar surface area (TPSA) is 60.9 Å². The SMILES string of the molecule is CCOC(=O)C1(C)CC1[C@H]1CN(c2cncc(OC[C@H]3CC[C@H](C(F)(F)F)CC3)c2)CCO1. The fourth-order valence-corrected chi connectivity index (χ4v) is 5.15. The third kappa shape index (κ3) is 5.55. The molecule has 184 valence electrons. The van der Waals surface area contributed by atoms with Crippen LogP contribution < -0.4 is 9.64 Å². The molecule has 2 unspecified atom stereocenters. The Hall–Kier alpha value is -2.03. The molecule has 0 amide bonds. The minimum Gasteiger partial charge on any atom is -0.492 e. The van der Waals surface area contributed by atoms with E-state index in [0.29, 0.717) is 51.5 Å². The predicted molar refractivity (Wildman–Crippen MR) is 116 cm³/mol. The normalized spacial score (nSPS) is 32.3. The largest absolute Gasteiger partial charge is 0.492 e. The number of alkyl halides is 3. The number of hydrogen-bond donors (Lipinski definition) is 0. The van der Waals surface area contributed by atoms with Crippen molar-refractivity contribution in [2.75, 3.05) is 37.8 Å². The number of aromatic nitrogens is 1. The Morgan fingerprint density at radius 2 is 2.03 bits per heavy atom. The second kappa shape index (κ2) is 9.68. The first-order valence-corrected chi connectivity index (χ1v) is 11.9. The van der Waals surface area contributed by atoms with Crippen molar-refractivity contribution in [1.82, 2.24) is 4.98 Å². The zero-order valence-corrected chi connectivity index (χ0v) is 19.3. The summed E-state index contributed by atoms with van der Waals surface area (Å²) in [6.45, 7) is 6.47. The number of carbonyl (C=O) groups excluding carboxylic acids is 1. The summed E-state index contributed by atoms with van der Waals surface area (Å²) in [5, 5.41) is 0. The van der Waals surface area contributed by atoms with Gasteiger partial charge in [-0.3, -0.25) is 9.78 Å². The standard InChI is InChI=1S/C24H33F3N2O4/c1-3-31-22(30)23(2)11-20(23)21-14-29(8-9-32-21)18-10-19(13-28-12-18)33-15-16-4-6-17(7-5-16)24(25,26)27/h10,12-13,16-17,20-21H,3-9,11,14-15H2,1-2H3/t16-,17-,20?,21-,23?/m1/s1. The molecule has 6 nitrogen and oxygen atoms in total. The van der Waals surface area contributed by atoms with Gasteiger partial charge < -0.3 is 19.1 Å². The molecule has 0 aromatic carbocycles. The van der Waals surface area contributed by atoms with Crippen molar-refractivity contribution in [1.29, 1.82) is 0 Å². The number of carbonyl (C=O) groups is 1. The van der Waals surface area contributed by atoms with Gasteiger partial charge in [0.1, 0.15) is 5.75 Å². The number of hydrogen-bond acceptors (Lipinski definition) is 6. The molecule has 1 saturated heterocycles. The van der Waals surface area contributed by atoms with E-state index in [1.165, 1.54) is 0 Å². The van der Waals surface area contributed by atoms with Crippen molar-refractivity contribution < 1.29 is 32.2 Å². The second-order valence-electron chi connectivity index (χ2n) is 9.75. The molecule has 33 heavy (non-hydrogen) atoms. The Morgan fingerprint density at radius 3 is 2.73 bits per heavy atom. The number of nitrogens with zero attached hydrogens (tertiary/aromatic N) is 2. The van der Waals surface area contributed by atoms with Gasteiger partial charge in [-0.2, -0.15) is 13.2 Å². The maximum absolute atomic E-state index is 12.9. The number of ether oxygens (including phenoxy) is 3. The maximum Gasteiger partial charge on any atom is 0.391 e. The number of esters is 1. The Kier molecular flexibility index (Phi) is 7.07. The molecule has 2 aliphatic carbocycles. The molecule has 3 fully saturated rings. The number of rotatable bonds is 7. The lowest BCUT2D eigenvalue weighted by atomic mass is 9.82. The Balaban J connectivity index is 1.29. The van der Waals surface area contributed by atoms with Crippen LogP contribution in [0.2, 0.25) is 0 Å². The Bertz CT molecular complexity index is 828. The molecule has 3 aliphatic rings. The van der Waals surface area contributed by atoms with Gasteiger partial charge in [0.2, 0.25) is 0 Å². The van der Waals surface area contributed by atoms with Crippen molar-refractivity contribution in [3.8, 4) is 5.75 Å². The molecule has 0 bridgehead atoms. The van der Waals surface area contributed by atoms with Gasteiger partial charge in [0.25, 0.3) is 0 Å².